The predicted molar refractivity (Wildman–Crippen MR) is 71.4 cm³/mol. The maximum Gasteiger partial charge on any atom is 0.441 e. The Kier molecular flexibility index (Phi) is 5.82. The number of carbonyl (C=O) groups is 1. The van der Waals surface area contributed by atoms with E-state index in [4.69, 9.17) is 0 Å². The molecule has 0 fully saturated rings. The van der Waals surface area contributed by atoms with Gasteiger partial charge in [-0.1, -0.05) is 0 Å². The first-order valence-electron chi connectivity index (χ1n) is 5.56. The fraction of sp³-hybridized carbons (Fsp3) is 0.364. The maximum atomic E-state index is 12.0. The van der Waals surface area contributed by atoms with Crippen LogP contribution in [0.2, 0.25) is 0 Å². The van der Waals surface area contributed by atoms with E-state index in [-0.39, 0.29) is 41.0 Å². The van der Waals surface area contributed by atoms with Gasteiger partial charge in [0.05, 0.1) is 17.6 Å². The summed E-state index contributed by atoms with van der Waals surface area (Å²) in [6, 6.07) is 3.47. The Morgan fingerprint density at radius 2 is 2.14 bits per heavy atom. The molecule has 0 aromatic heterocycles. The van der Waals surface area contributed by atoms with Crippen LogP contribution < -0.4 is 5.32 Å². The standard InChI is InChI=1S/C11H11F3N2O4S/c1-20-10(17)7-2-3-9(16(18)19)8(6-7)15-4-5-21-11(12,13)14/h2-3,6,15H,4-5H2,1H3. The van der Waals surface area contributed by atoms with E-state index >= 15 is 0 Å². The predicted octanol–water partition coefficient (Wildman–Crippen LogP) is 3.05. The van der Waals surface area contributed by atoms with E-state index in [0.29, 0.717) is 0 Å². The second-order valence-electron chi connectivity index (χ2n) is 3.70. The van der Waals surface area contributed by atoms with Crippen molar-refractivity contribution in [3.63, 3.8) is 0 Å². The number of esters is 1. The molecule has 0 radical (unpaired) electrons. The molecule has 10 heteroatoms. The SMILES string of the molecule is COC(=O)c1ccc([N+](=O)[O-])c(NCCSC(F)(F)F)c1. The molecule has 0 aliphatic carbocycles. The Hall–Kier alpha value is -1.97. The van der Waals surface area contributed by atoms with Crippen molar-refractivity contribution in [2.24, 2.45) is 0 Å². The van der Waals surface area contributed by atoms with Gasteiger partial charge in [-0.05, 0) is 23.9 Å². The number of nitrogens with one attached hydrogen (secondary N) is 1. The van der Waals surface area contributed by atoms with Crippen LogP contribution >= 0.6 is 11.8 Å². The van der Waals surface area contributed by atoms with E-state index in [2.05, 4.69) is 10.1 Å². The minimum absolute atomic E-state index is 0.0364. The van der Waals surface area contributed by atoms with Crippen LogP contribution in [0.5, 0.6) is 0 Å². The second kappa shape index (κ2) is 7.16. The summed E-state index contributed by atoms with van der Waals surface area (Å²) in [7, 11) is 1.15. The number of benzene rings is 1. The monoisotopic (exact) mass is 324 g/mol. The summed E-state index contributed by atoms with van der Waals surface area (Å²) in [6.45, 7) is -0.143. The molecular formula is C11H11F3N2O4S. The molecule has 1 N–H and O–H groups in total. The van der Waals surface area contributed by atoms with Crippen molar-refractivity contribution in [3.8, 4) is 0 Å². The Bertz CT molecular complexity index is 537. The molecule has 1 aromatic rings. The fourth-order valence-corrected chi connectivity index (χ4v) is 1.87. The maximum absolute atomic E-state index is 12.0. The molecular weight excluding hydrogens is 313 g/mol. The average molecular weight is 324 g/mol. The van der Waals surface area contributed by atoms with Crippen molar-refractivity contribution in [1.29, 1.82) is 0 Å². The summed E-state index contributed by atoms with van der Waals surface area (Å²) in [5.74, 6) is -1.01. The Balaban J connectivity index is 2.82. The normalized spacial score (nSPS) is 11.0. The first-order chi connectivity index (χ1) is 9.74. The number of ether oxygens (including phenoxy) is 1. The first-order valence-corrected chi connectivity index (χ1v) is 6.54. The number of anilines is 1. The summed E-state index contributed by atoms with van der Waals surface area (Å²) >= 11 is -0.242. The average Bonchev–Trinajstić information content (AvgIpc) is 2.41. The highest BCUT2D eigenvalue weighted by Crippen LogP contribution is 2.30. The molecule has 0 saturated carbocycles. The summed E-state index contributed by atoms with van der Waals surface area (Å²) in [5, 5.41) is 13.3. The van der Waals surface area contributed by atoms with Gasteiger partial charge >= 0.3 is 11.5 Å². The number of hydrogen-bond donors (Lipinski definition) is 1. The van der Waals surface area contributed by atoms with Gasteiger partial charge in [-0.25, -0.2) is 4.79 Å². The zero-order valence-corrected chi connectivity index (χ0v) is 11.6. The number of carbonyl (C=O) groups excluding carboxylic acids is 1. The molecule has 0 atom stereocenters. The molecule has 0 unspecified atom stereocenters. The molecule has 1 aromatic carbocycles. The molecule has 0 aliphatic rings. The van der Waals surface area contributed by atoms with Crippen molar-refractivity contribution in [3.05, 3.63) is 33.9 Å². The summed E-state index contributed by atoms with van der Waals surface area (Å²) in [4.78, 5) is 21.5. The molecule has 6 nitrogen and oxygen atoms in total. The molecule has 21 heavy (non-hydrogen) atoms. The van der Waals surface area contributed by atoms with Gasteiger partial charge in [-0.15, -0.1) is 0 Å². The first kappa shape index (κ1) is 17.1. The topological polar surface area (TPSA) is 81.5 Å². The zero-order chi connectivity index (χ0) is 16.0. The van der Waals surface area contributed by atoms with Crippen LogP contribution in [-0.2, 0) is 4.74 Å². The Morgan fingerprint density at radius 3 is 2.67 bits per heavy atom. The van der Waals surface area contributed by atoms with E-state index < -0.39 is 16.4 Å². The molecule has 1 rings (SSSR count). The molecule has 0 aliphatic heterocycles. The van der Waals surface area contributed by atoms with E-state index in [1.54, 1.807) is 0 Å². The highest BCUT2D eigenvalue weighted by molar-refractivity contribution is 8.00. The molecule has 0 bridgehead atoms. The minimum atomic E-state index is -4.36. The van der Waals surface area contributed by atoms with Crippen molar-refractivity contribution >= 4 is 29.1 Å². The number of nitrogens with zero attached hydrogens (tertiary/aromatic N) is 1. The smallest absolute Gasteiger partial charge is 0.441 e. The van der Waals surface area contributed by atoms with Crippen LogP contribution in [-0.4, -0.2) is 35.8 Å². The van der Waals surface area contributed by atoms with Crippen LogP contribution in [0.1, 0.15) is 10.4 Å². The van der Waals surface area contributed by atoms with E-state index in [9.17, 15) is 28.1 Å². The third-order valence-corrected chi connectivity index (χ3v) is 3.03. The lowest BCUT2D eigenvalue weighted by molar-refractivity contribution is -0.384. The summed E-state index contributed by atoms with van der Waals surface area (Å²) < 4.78 is 40.4. The number of methoxy groups -OCH3 is 1. The van der Waals surface area contributed by atoms with Gasteiger partial charge in [0.25, 0.3) is 5.69 Å². The van der Waals surface area contributed by atoms with E-state index in [0.717, 1.165) is 13.2 Å². The number of nitro groups is 1. The van der Waals surface area contributed by atoms with Crippen molar-refractivity contribution in [2.45, 2.75) is 5.51 Å². The molecule has 0 spiro atoms. The lowest BCUT2D eigenvalue weighted by Crippen LogP contribution is -2.11. The number of halogens is 3. The molecule has 0 saturated heterocycles. The summed E-state index contributed by atoms with van der Waals surface area (Å²) in [6.07, 6.45) is 0. The third-order valence-electron chi connectivity index (χ3n) is 2.30. The van der Waals surface area contributed by atoms with Gasteiger partial charge in [0, 0.05) is 18.4 Å². The van der Waals surface area contributed by atoms with Crippen LogP contribution in [0.3, 0.4) is 0 Å². The lowest BCUT2D eigenvalue weighted by atomic mass is 10.1. The number of rotatable bonds is 6. The van der Waals surface area contributed by atoms with Gasteiger partial charge in [0.15, 0.2) is 0 Å². The quantitative estimate of drug-likeness (QED) is 0.375. The van der Waals surface area contributed by atoms with Crippen LogP contribution in [0.25, 0.3) is 0 Å². The largest absolute Gasteiger partial charge is 0.465 e. The summed E-state index contributed by atoms with van der Waals surface area (Å²) in [5.41, 5.74) is -4.67. The zero-order valence-electron chi connectivity index (χ0n) is 10.8. The van der Waals surface area contributed by atoms with Gasteiger partial charge in [-0.3, -0.25) is 10.1 Å². The molecule has 0 heterocycles. The Morgan fingerprint density at radius 1 is 1.48 bits per heavy atom. The Labute approximate surface area is 121 Å². The molecule has 116 valence electrons. The second-order valence-corrected chi connectivity index (χ2v) is 4.86. The number of thioether (sulfide) groups is 1. The van der Waals surface area contributed by atoms with Crippen LogP contribution in [0, 0.1) is 10.1 Å². The third kappa shape index (κ3) is 5.50. The van der Waals surface area contributed by atoms with Crippen LogP contribution in [0.4, 0.5) is 24.5 Å². The van der Waals surface area contributed by atoms with Gasteiger partial charge < -0.3 is 10.1 Å². The van der Waals surface area contributed by atoms with Gasteiger partial charge in [-0.2, -0.15) is 13.2 Å². The van der Waals surface area contributed by atoms with Gasteiger partial charge in [0.2, 0.25) is 0 Å². The van der Waals surface area contributed by atoms with Crippen molar-refractivity contribution in [1.82, 2.24) is 0 Å². The van der Waals surface area contributed by atoms with Gasteiger partial charge in [0.1, 0.15) is 5.69 Å². The fourth-order valence-electron chi connectivity index (χ4n) is 1.43. The minimum Gasteiger partial charge on any atom is -0.465 e. The van der Waals surface area contributed by atoms with E-state index in [1.807, 2.05) is 0 Å². The van der Waals surface area contributed by atoms with E-state index in [1.165, 1.54) is 12.1 Å². The van der Waals surface area contributed by atoms with Crippen molar-refractivity contribution < 1.29 is 27.6 Å². The molecule has 0 amide bonds. The number of nitro benzene ring substituents is 1. The number of hydrogen-bond acceptors (Lipinski definition) is 6. The highest BCUT2D eigenvalue weighted by Gasteiger charge is 2.27. The van der Waals surface area contributed by atoms with Crippen molar-refractivity contribution in [2.75, 3.05) is 24.7 Å². The van der Waals surface area contributed by atoms with Crippen LogP contribution in [0.15, 0.2) is 18.2 Å². The number of alkyl halides is 3. The highest BCUT2D eigenvalue weighted by atomic mass is 32.2. The lowest BCUT2D eigenvalue weighted by Gasteiger charge is -2.09.